The van der Waals surface area contributed by atoms with Crippen molar-refractivity contribution < 1.29 is 18.9 Å². The molecule has 38 heavy (non-hydrogen) atoms. The number of non-ortho nitro benzene ring substituents is 1. The van der Waals surface area contributed by atoms with E-state index in [0.29, 0.717) is 42.7 Å². The predicted molar refractivity (Wildman–Crippen MR) is 143 cm³/mol. The van der Waals surface area contributed by atoms with Gasteiger partial charge in [-0.05, 0) is 49.7 Å². The van der Waals surface area contributed by atoms with E-state index in [0.717, 1.165) is 0 Å². The number of halogens is 1. The number of fused-ring (bicyclic) bond motifs is 1. The van der Waals surface area contributed by atoms with Gasteiger partial charge in [-0.2, -0.15) is 0 Å². The van der Waals surface area contributed by atoms with Crippen LogP contribution in [0, 0.1) is 10.1 Å². The molecule has 3 heterocycles. The van der Waals surface area contributed by atoms with E-state index in [1.54, 1.807) is 68.5 Å². The van der Waals surface area contributed by atoms with Gasteiger partial charge in [0.2, 0.25) is 0 Å². The van der Waals surface area contributed by atoms with Crippen LogP contribution in [0.3, 0.4) is 0 Å². The minimum Gasteiger partial charge on any atom is -0.463 e. The second-order valence-electron chi connectivity index (χ2n) is 8.33. The van der Waals surface area contributed by atoms with Crippen molar-refractivity contribution in [2.24, 2.45) is 4.99 Å². The van der Waals surface area contributed by atoms with Gasteiger partial charge in [-0.15, -0.1) is 0 Å². The summed E-state index contributed by atoms with van der Waals surface area (Å²) in [6.07, 6.45) is 1.60. The molecule has 192 valence electrons. The Morgan fingerprint density at radius 3 is 2.63 bits per heavy atom. The molecule has 0 unspecified atom stereocenters. The van der Waals surface area contributed by atoms with Crippen molar-refractivity contribution in [1.82, 2.24) is 4.57 Å². The zero-order chi connectivity index (χ0) is 27.0. The number of aromatic nitrogens is 1. The number of furan rings is 1. The van der Waals surface area contributed by atoms with Gasteiger partial charge in [0, 0.05) is 28.8 Å². The molecule has 4 aromatic rings. The molecule has 9 nitrogen and oxygen atoms in total. The van der Waals surface area contributed by atoms with Crippen LogP contribution >= 0.6 is 22.9 Å². The lowest BCUT2D eigenvalue weighted by Gasteiger charge is -2.25. The molecule has 0 amide bonds. The number of carbonyl (C=O) groups excluding carboxylic acids is 1. The highest BCUT2D eigenvalue weighted by molar-refractivity contribution is 7.07. The van der Waals surface area contributed by atoms with Gasteiger partial charge in [0.15, 0.2) is 4.80 Å². The Labute approximate surface area is 224 Å². The molecule has 11 heteroatoms. The maximum Gasteiger partial charge on any atom is 0.338 e. The summed E-state index contributed by atoms with van der Waals surface area (Å²) in [5, 5.41) is 11.3. The topological polar surface area (TPSA) is 117 Å². The van der Waals surface area contributed by atoms with Crippen molar-refractivity contribution in [3.63, 3.8) is 0 Å². The Morgan fingerprint density at radius 2 is 1.95 bits per heavy atom. The Balaban J connectivity index is 1.61. The van der Waals surface area contributed by atoms with Gasteiger partial charge >= 0.3 is 5.97 Å². The van der Waals surface area contributed by atoms with E-state index in [4.69, 9.17) is 20.8 Å². The van der Waals surface area contributed by atoms with Crippen molar-refractivity contribution in [3.05, 3.63) is 118 Å². The maximum absolute atomic E-state index is 13.7. The highest BCUT2D eigenvalue weighted by Gasteiger charge is 2.34. The van der Waals surface area contributed by atoms with E-state index < -0.39 is 16.9 Å². The quantitative estimate of drug-likeness (QED) is 0.197. The lowest BCUT2D eigenvalue weighted by Crippen LogP contribution is -2.40. The molecule has 2 aromatic carbocycles. The number of allylic oxidation sites excluding steroid dienone is 1. The van der Waals surface area contributed by atoms with E-state index in [9.17, 15) is 19.7 Å². The zero-order valence-corrected chi connectivity index (χ0v) is 21.8. The van der Waals surface area contributed by atoms with E-state index in [-0.39, 0.29) is 23.4 Å². The summed E-state index contributed by atoms with van der Waals surface area (Å²) >= 11 is 7.68. The Kier molecular flexibility index (Phi) is 6.83. The summed E-state index contributed by atoms with van der Waals surface area (Å²) < 4.78 is 13.0. The number of hydrogen-bond acceptors (Lipinski definition) is 8. The number of carbonyl (C=O) groups is 1. The molecule has 1 aliphatic rings. The monoisotopic (exact) mass is 549 g/mol. The predicted octanol–water partition coefficient (Wildman–Crippen LogP) is 4.62. The van der Waals surface area contributed by atoms with Gasteiger partial charge in [0.05, 0.1) is 27.3 Å². The average molecular weight is 550 g/mol. The molecule has 5 rings (SSSR count). The molecule has 2 aromatic heterocycles. The lowest BCUT2D eigenvalue weighted by molar-refractivity contribution is -0.384. The number of ether oxygens (including phenoxy) is 1. The largest absolute Gasteiger partial charge is 0.463 e. The number of hydrogen-bond donors (Lipinski definition) is 0. The van der Waals surface area contributed by atoms with Gasteiger partial charge in [0.1, 0.15) is 17.6 Å². The fourth-order valence-corrected chi connectivity index (χ4v) is 5.51. The minimum absolute atomic E-state index is 0.0211. The first-order valence-corrected chi connectivity index (χ1v) is 12.8. The van der Waals surface area contributed by atoms with Crippen LogP contribution in [-0.4, -0.2) is 22.1 Å². The van der Waals surface area contributed by atoms with Crippen LogP contribution < -0.4 is 14.9 Å². The first-order valence-electron chi connectivity index (χ1n) is 11.6. The average Bonchev–Trinajstić information content (AvgIpc) is 3.48. The van der Waals surface area contributed by atoms with Crippen LogP contribution in [0.15, 0.2) is 86.1 Å². The summed E-state index contributed by atoms with van der Waals surface area (Å²) in [6.45, 7) is 3.59. The van der Waals surface area contributed by atoms with E-state index in [2.05, 4.69) is 4.99 Å². The van der Waals surface area contributed by atoms with Gasteiger partial charge in [0.25, 0.3) is 11.2 Å². The number of nitrogens with zero attached hydrogens (tertiary/aromatic N) is 3. The third-order valence-corrected chi connectivity index (χ3v) is 7.31. The molecule has 0 spiro atoms. The number of rotatable bonds is 6. The standard InChI is InChI=1S/C27H20ClN3O6S/c1-3-36-26(33)23-15(2)29-27-30(24(23)19-6-4-5-7-20(19)28)25(32)22(38-27)14-18-12-13-21(37-18)16-8-10-17(11-9-16)31(34)35/h4-14,24H,3H2,1-2H3/b22-14+/t24-/m1/s1. The molecule has 1 aliphatic heterocycles. The fourth-order valence-electron chi connectivity index (χ4n) is 4.24. The van der Waals surface area contributed by atoms with E-state index >= 15 is 0 Å². The van der Waals surface area contributed by atoms with Gasteiger partial charge in [-0.3, -0.25) is 19.5 Å². The fraction of sp³-hybridized carbons (Fsp3) is 0.148. The summed E-state index contributed by atoms with van der Waals surface area (Å²) in [5.74, 6) is 0.347. The van der Waals surface area contributed by atoms with Crippen molar-refractivity contribution in [2.45, 2.75) is 19.9 Å². The van der Waals surface area contributed by atoms with Crippen molar-refractivity contribution >= 4 is 40.7 Å². The van der Waals surface area contributed by atoms with Gasteiger partial charge in [-0.1, -0.05) is 41.1 Å². The Morgan fingerprint density at radius 1 is 1.21 bits per heavy atom. The second kappa shape index (κ2) is 10.2. The summed E-state index contributed by atoms with van der Waals surface area (Å²) in [7, 11) is 0. The molecule has 0 saturated heterocycles. The number of nitro groups is 1. The second-order valence-corrected chi connectivity index (χ2v) is 9.75. The first-order chi connectivity index (χ1) is 18.3. The molecule has 1 atom stereocenters. The number of thiazole rings is 1. The van der Waals surface area contributed by atoms with Crippen LogP contribution in [0.4, 0.5) is 5.69 Å². The zero-order valence-electron chi connectivity index (χ0n) is 20.2. The smallest absolute Gasteiger partial charge is 0.338 e. The number of benzene rings is 2. The molecular formula is C27H20ClN3O6S. The Bertz CT molecular complexity index is 1780. The van der Waals surface area contributed by atoms with Crippen molar-refractivity contribution in [3.8, 4) is 11.3 Å². The van der Waals surface area contributed by atoms with E-state index in [1.165, 1.54) is 28.0 Å². The normalized spacial score (nSPS) is 15.2. The van der Waals surface area contributed by atoms with Crippen molar-refractivity contribution in [1.29, 1.82) is 0 Å². The van der Waals surface area contributed by atoms with Crippen LogP contribution in [0.5, 0.6) is 0 Å². The van der Waals surface area contributed by atoms with Crippen LogP contribution in [0.1, 0.15) is 31.2 Å². The molecule has 0 bridgehead atoms. The minimum atomic E-state index is -0.812. The molecule has 0 N–H and O–H groups in total. The molecule has 0 aliphatic carbocycles. The molecule has 0 saturated carbocycles. The molecular weight excluding hydrogens is 530 g/mol. The third-order valence-electron chi connectivity index (χ3n) is 5.98. The first kappa shape index (κ1) is 25.4. The summed E-state index contributed by atoms with van der Waals surface area (Å²) in [6, 6.07) is 15.6. The number of nitro benzene ring substituents is 1. The maximum atomic E-state index is 13.7. The van der Waals surface area contributed by atoms with Crippen molar-refractivity contribution in [2.75, 3.05) is 6.61 Å². The van der Waals surface area contributed by atoms with Crippen LogP contribution in [0.25, 0.3) is 17.4 Å². The highest BCUT2D eigenvalue weighted by atomic mass is 35.5. The number of esters is 1. The molecule has 0 radical (unpaired) electrons. The van der Waals surface area contributed by atoms with E-state index in [1.807, 2.05) is 0 Å². The Hall–Kier alpha value is -4.28. The third kappa shape index (κ3) is 4.59. The highest BCUT2D eigenvalue weighted by Crippen LogP contribution is 2.34. The summed E-state index contributed by atoms with van der Waals surface area (Å²) in [4.78, 5) is 42.1. The molecule has 0 fully saturated rings. The van der Waals surface area contributed by atoms with Gasteiger partial charge in [-0.25, -0.2) is 9.79 Å². The SMILES string of the molecule is CCOC(=O)C1=C(C)N=c2s/c(=C/c3ccc(-c4ccc([N+](=O)[O-])cc4)o3)c(=O)n2[C@@H]1c1ccccc1Cl. The lowest BCUT2D eigenvalue weighted by atomic mass is 9.96. The van der Waals surface area contributed by atoms with Crippen LogP contribution in [-0.2, 0) is 9.53 Å². The van der Waals surface area contributed by atoms with Crippen LogP contribution in [0.2, 0.25) is 5.02 Å². The summed E-state index contributed by atoms with van der Waals surface area (Å²) in [5.41, 5.74) is 1.55. The van der Waals surface area contributed by atoms with Gasteiger partial charge < -0.3 is 9.15 Å².